The maximum Gasteiger partial charge on any atom is 0.120 e. The number of hydrogen-bond acceptors (Lipinski definition) is 2. The first kappa shape index (κ1) is 16.1. The lowest BCUT2D eigenvalue weighted by atomic mass is 10.0. The van der Waals surface area contributed by atoms with E-state index in [9.17, 15) is 0 Å². The van der Waals surface area contributed by atoms with E-state index in [2.05, 4.69) is 60.1 Å². The maximum absolute atomic E-state index is 6.04. The highest BCUT2D eigenvalue weighted by Gasteiger charge is 2.07. The molecule has 0 radical (unpaired) electrons. The molecule has 1 atom stereocenters. The fourth-order valence-corrected chi connectivity index (χ4v) is 2.60. The fraction of sp³-hybridized carbons (Fsp3) is 0.333. The summed E-state index contributed by atoms with van der Waals surface area (Å²) in [5, 5.41) is 0. The Hall–Kier alpha value is -1.32. The van der Waals surface area contributed by atoms with Crippen LogP contribution in [0.3, 0.4) is 0 Å². The van der Waals surface area contributed by atoms with Gasteiger partial charge >= 0.3 is 0 Å². The summed E-state index contributed by atoms with van der Waals surface area (Å²) in [6.07, 6.45) is 1.83. The van der Waals surface area contributed by atoms with E-state index in [1.165, 1.54) is 16.7 Å². The third-order valence-corrected chi connectivity index (χ3v) is 4.29. The van der Waals surface area contributed by atoms with Gasteiger partial charge in [0.05, 0.1) is 0 Å². The highest BCUT2D eigenvalue weighted by Crippen LogP contribution is 2.24. The topological polar surface area (TPSA) is 35.2 Å². The van der Waals surface area contributed by atoms with Crippen molar-refractivity contribution in [3.8, 4) is 5.75 Å². The smallest absolute Gasteiger partial charge is 0.120 e. The summed E-state index contributed by atoms with van der Waals surface area (Å²) in [5.41, 5.74) is 9.68. The Bertz CT molecular complexity index is 598. The first-order chi connectivity index (χ1) is 10.1. The molecular weight excluding hydrogens is 326 g/mol. The Morgan fingerprint density at radius 3 is 2.71 bits per heavy atom. The number of benzene rings is 2. The summed E-state index contributed by atoms with van der Waals surface area (Å²) in [5.74, 6) is 0.887. The minimum absolute atomic E-state index is 0.188. The number of halogens is 1. The summed E-state index contributed by atoms with van der Waals surface area (Å²) in [4.78, 5) is 0. The number of nitrogens with two attached hydrogens (primary N) is 1. The minimum atomic E-state index is 0.188. The first-order valence-corrected chi connectivity index (χ1v) is 8.10. The Kier molecular flexibility index (Phi) is 5.83. The molecule has 0 aromatic heterocycles. The average Bonchev–Trinajstić information content (AvgIpc) is 2.48. The second kappa shape index (κ2) is 7.62. The number of rotatable bonds is 6. The van der Waals surface area contributed by atoms with Gasteiger partial charge in [-0.2, -0.15) is 0 Å². The summed E-state index contributed by atoms with van der Waals surface area (Å²) < 4.78 is 6.99. The molecule has 0 aliphatic carbocycles. The van der Waals surface area contributed by atoms with Crippen LogP contribution in [0.15, 0.2) is 46.9 Å². The molecule has 2 aromatic carbocycles. The molecule has 0 fully saturated rings. The summed E-state index contributed by atoms with van der Waals surface area (Å²) in [7, 11) is 0. The van der Waals surface area contributed by atoms with E-state index in [1.54, 1.807) is 0 Å². The van der Waals surface area contributed by atoms with Gasteiger partial charge in [0, 0.05) is 10.5 Å². The van der Waals surface area contributed by atoms with Crippen molar-refractivity contribution in [3.63, 3.8) is 0 Å². The van der Waals surface area contributed by atoms with Crippen molar-refractivity contribution in [2.75, 3.05) is 0 Å². The third kappa shape index (κ3) is 4.87. The monoisotopic (exact) mass is 347 g/mol. The second-order valence-corrected chi connectivity index (χ2v) is 6.26. The highest BCUT2D eigenvalue weighted by molar-refractivity contribution is 9.10. The molecule has 0 saturated carbocycles. The Morgan fingerprint density at radius 2 is 2.00 bits per heavy atom. The molecule has 0 aliphatic heterocycles. The van der Waals surface area contributed by atoms with Crippen molar-refractivity contribution in [2.45, 2.75) is 39.3 Å². The molecule has 2 aromatic rings. The predicted molar refractivity (Wildman–Crippen MR) is 91.6 cm³/mol. The zero-order valence-corrected chi connectivity index (χ0v) is 14.2. The first-order valence-electron chi connectivity index (χ1n) is 7.31. The molecule has 112 valence electrons. The van der Waals surface area contributed by atoms with Crippen LogP contribution < -0.4 is 10.5 Å². The molecule has 21 heavy (non-hydrogen) atoms. The van der Waals surface area contributed by atoms with Crippen LogP contribution in [0.4, 0.5) is 0 Å². The van der Waals surface area contributed by atoms with Gasteiger partial charge in [0.1, 0.15) is 12.4 Å². The molecule has 0 spiro atoms. The van der Waals surface area contributed by atoms with Crippen LogP contribution in [0.1, 0.15) is 30.0 Å². The van der Waals surface area contributed by atoms with Crippen molar-refractivity contribution in [3.05, 3.63) is 63.6 Å². The minimum Gasteiger partial charge on any atom is -0.489 e. The Labute approximate surface area is 135 Å². The van der Waals surface area contributed by atoms with Gasteiger partial charge in [0.2, 0.25) is 0 Å². The van der Waals surface area contributed by atoms with Crippen LogP contribution in [0.5, 0.6) is 5.75 Å². The van der Waals surface area contributed by atoms with Crippen LogP contribution in [-0.2, 0) is 13.0 Å². The van der Waals surface area contributed by atoms with Gasteiger partial charge in [-0.15, -0.1) is 0 Å². The van der Waals surface area contributed by atoms with Crippen molar-refractivity contribution < 1.29 is 4.74 Å². The van der Waals surface area contributed by atoms with E-state index in [4.69, 9.17) is 10.5 Å². The maximum atomic E-state index is 6.04. The molecule has 3 heteroatoms. The predicted octanol–water partition coefficient (Wildman–Crippen LogP) is 4.62. The summed E-state index contributed by atoms with van der Waals surface area (Å²) >= 11 is 3.58. The molecule has 1 unspecified atom stereocenters. The van der Waals surface area contributed by atoms with E-state index >= 15 is 0 Å². The molecular formula is C18H22BrNO. The lowest BCUT2D eigenvalue weighted by Crippen LogP contribution is -2.21. The van der Waals surface area contributed by atoms with Crippen LogP contribution in [0, 0.1) is 6.92 Å². The van der Waals surface area contributed by atoms with Gasteiger partial charge < -0.3 is 10.5 Å². The number of ether oxygens (including phenoxy) is 1. The van der Waals surface area contributed by atoms with Crippen LogP contribution in [0.25, 0.3) is 0 Å². The normalized spacial score (nSPS) is 12.2. The lowest BCUT2D eigenvalue weighted by molar-refractivity contribution is 0.305. The number of aryl methyl sites for hydroxylation is 1. The van der Waals surface area contributed by atoms with Crippen molar-refractivity contribution in [1.82, 2.24) is 0 Å². The summed E-state index contributed by atoms with van der Waals surface area (Å²) in [6, 6.07) is 14.7. The van der Waals surface area contributed by atoms with E-state index in [1.807, 2.05) is 12.1 Å². The fourth-order valence-electron chi connectivity index (χ4n) is 2.19. The van der Waals surface area contributed by atoms with Crippen LogP contribution >= 0.6 is 15.9 Å². The van der Waals surface area contributed by atoms with Gasteiger partial charge in [-0.05, 0) is 49.1 Å². The molecule has 0 saturated heterocycles. The van der Waals surface area contributed by atoms with E-state index in [0.717, 1.165) is 23.1 Å². The van der Waals surface area contributed by atoms with Crippen molar-refractivity contribution in [1.29, 1.82) is 0 Å². The lowest BCUT2D eigenvalue weighted by Gasteiger charge is -2.13. The highest BCUT2D eigenvalue weighted by atomic mass is 79.9. The standard InChI is InChI=1S/C18H22BrNO/c1-3-16(20)10-15-11-17(7-8-18(15)19)21-12-14-6-4-5-13(2)9-14/h4-9,11,16H,3,10,12,20H2,1-2H3. The van der Waals surface area contributed by atoms with E-state index < -0.39 is 0 Å². The molecule has 2 N–H and O–H groups in total. The third-order valence-electron chi connectivity index (χ3n) is 3.51. The molecule has 0 aliphatic rings. The van der Waals surface area contributed by atoms with Gasteiger partial charge in [-0.3, -0.25) is 0 Å². The Morgan fingerprint density at radius 1 is 1.19 bits per heavy atom. The Balaban J connectivity index is 2.05. The van der Waals surface area contributed by atoms with E-state index in [-0.39, 0.29) is 6.04 Å². The summed E-state index contributed by atoms with van der Waals surface area (Å²) in [6.45, 7) is 4.78. The van der Waals surface area contributed by atoms with Gasteiger partial charge in [-0.25, -0.2) is 0 Å². The van der Waals surface area contributed by atoms with E-state index in [0.29, 0.717) is 6.61 Å². The SMILES string of the molecule is CCC(N)Cc1cc(OCc2cccc(C)c2)ccc1Br. The van der Waals surface area contributed by atoms with Crippen LogP contribution in [-0.4, -0.2) is 6.04 Å². The molecule has 2 rings (SSSR count). The van der Waals surface area contributed by atoms with Gasteiger partial charge in [-0.1, -0.05) is 52.7 Å². The largest absolute Gasteiger partial charge is 0.489 e. The molecule has 2 nitrogen and oxygen atoms in total. The zero-order chi connectivity index (χ0) is 15.2. The van der Waals surface area contributed by atoms with Crippen molar-refractivity contribution >= 4 is 15.9 Å². The van der Waals surface area contributed by atoms with Crippen molar-refractivity contribution in [2.24, 2.45) is 5.73 Å². The van der Waals surface area contributed by atoms with Gasteiger partial charge in [0.15, 0.2) is 0 Å². The molecule has 0 bridgehead atoms. The zero-order valence-electron chi connectivity index (χ0n) is 12.6. The molecule has 0 heterocycles. The average molecular weight is 348 g/mol. The van der Waals surface area contributed by atoms with Gasteiger partial charge in [0.25, 0.3) is 0 Å². The molecule has 0 amide bonds. The second-order valence-electron chi connectivity index (χ2n) is 5.40. The number of hydrogen-bond donors (Lipinski definition) is 1. The van der Waals surface area contributed by atoms with Crippen LogP contribution in [0.2, 0.25) is 0 Å². The quantitative estimate of drug-likeness (QED) is 0.827.